The summed E-state index contributed by atoms with van der Waals surface area (Å²) in [6, 6.07) is 16.5. The summed E-state index contributed by atoms with van der Waals surface area (Å²) in [6.07, 6.45) is 1.68. The van der Waals surface area contributed by atoms with Crippen LogP contribution in [-0.2, 0) is 17.8 Å². The third-order valence-electron chi connectivity index (χ3n) is 4.75. The number of fused-ring (bicyclic) bond motifs is 2. The third-order valence-corrected chi connectivity index (χ3v) is 5.13. The minimum Gasteiger partial charge on any atom is -0.760 e. The van der Waals surface area contributed by atoms with E-state index in [2.05, 4.69) is 25.1 Å². The van der Waals surface area contributed by atoms with Gasteiger partial charge < -0.3 is 14.3 Å². The monoisotopic (exact) mass is 435 g/mol. The molecule has 11 heteroatoms. The molecule has 0 aliphatic rings. The molecule has 0 amide bonds. The molecule has 0 aliphatic carbocycles. The highest BCUT2D eigenvalue weighted by Crippen LogP contribution is 2.26. The first kappa shape index (κ1) is 19.2. The molecule has 0 fully saturated rings. The summed E-state index contributed by atoms with van der Waals surface area (Å²) < 4.78 is 31.0. The van der Waals surface area contributed by atoms with Crippen molar-refractivity contribution in [3.05, 3.63) is 76.9 Å². The number of aromatic nitrogens is 4. The molecule has 5 aromatic rings. The number of nitrogens with zero attached hydrogens (tertiary/aromatic N) is 3. The van der Waals surface area contributed by atoms with Gasteiger partial charge in [0, 0.05) is 35.1 Å². The average Bonchev–Trinajstić information content (AvgIpc) is 3.34. The molecule has 5 rings (SSSR count). The van der Waals surface area contributed by atoms with Crippen LogP contribution in [-0.4, -0.2) is 28.3 Å². The maximum atomic E-state index is 11.3. The summed E-state index contributed by atoms with van der Waals surface area (Å²) in [7, 11) is 0. The first-order chi connectivity index (χ1) is 15.1. The lowest BCUT2D eigenvalue weighted by Gasteiger charge is -2.12. The van der Waals surface area contributed by atoms with Crippen molar-refractivity contribution in [3.8, 4) is 11.3 Å². The van der Waals surface area contributed by atoms with E-state index < -0.39 is 17.0 Å². The number of nitrogens with one attached hydrogen (secondary N) is 3. The van der Waals surface area contributed by atoms with Gasteiger partial charge in [-0.3, -0.25) is 9.19 Å². The molecular weight excluding hydrogens is 420 g/mol. The highest BCUT2D eigenvalue weighted by molar-refractivity contribution is 7.77. The van der Waals surface area contributed by atoms with E-state index in [1.807, 2.05) is 36.4 Å². The molecule has 31 heavy (non-hydrogen) atoms. The van der Waals surface area contributed by atoms with Gasteiger partial charge in [0.05, 0.1) is 22.9 Å². The van der Waals surface area contributed by atoms with Crippen molar-refractivity contribution in [1.29, 1.82) is 0 Å². The van der Waals surface area contributed by atoms with E-state index >= 15 is 0 Å². The molecule has 0 aliphatic heterocycles. The van der Waals surface area contributed by atoms with Gasteiger partial charge in [0.1, 0.15) is 0 Å². The molecular formula is C20H15N6O4S-. The van der Waals surface area contributed by atoms with Crippen LogP contribution < -0.4 is 15.8 Å². The molecule has 0 spiro atoms. The Morgan fingerprint density at radius 1 is 1.16 bits per heavy atom. The number of H-pyrrole nitrogens is 1. The van der Waals surface area contributed by atoms with Gasteiger partial charge in [-0.25, -0.2) is 19.0 Å². The Morgan fingerprint density at radius 2 is 2.03 bits per heavy atom. The fourth-order valence-corrected chi connectivity index (χ4v) is 3.65. The molecule has 156 valence electrons. The number of benzene rings is 2. The Balaban J connectivity index is 1.51. The maximum Gasteiger partial charge on any atom is 0.417 e. The van der Waals surface area contributed by atoms with Crippen molar-refractivity contribution >= 4 is 39.5 Å². The van der Waals surface area contributed by atoms with Crippen LogP contribution in [0.1, 0.15) is 5.56 Å². The molecule has 3 aromatic heterocycles. The van der Waals surface area contributed by atoms with Gasteiger partial charge in [-0.2, -0.15) is 0 Å². The Bertz CT molecular complexity index is 1490. The van der Waals surface area contributed by atoms with Crippen LogP contribution in [0.5, 0.6) is 0 Å². The van der Waals surface area contributed by atoms with Crippen LogP contribution in [0.3, 0.4) is 0 Å². The highest BCUT2D eigenvalue weighted by Gasteiger charge is 2.12. The van der Waals surface area contributed by atoms with Gasteiger partial charge in [0.15, 0.2) is 5.58 Å². The Labute approximate surface area is 177 Å². The Kier molecular flexibility index (Phi) is 4.82. The van der Waals surface area contributed by atoms with Gasteiger partial charge in [-0.05, 0) is 29.8 Å². The van der Waals surface area contributed by atoms with Crippen molar-refractivity contribution in [3.63, 3.8) is 0 Å². The molecule has 0 bridgehead atoms. The van der Waals surface area contributed by atoms with Crippen molar-refractivity contribution in [2.24, 2.45) is 0 Å². The van der Waals surface area contributed by atoms with E-state index in [1.54, 1.807) is 28.9 Å². The van der Waals surface area contributed by atoms with Crippen LogP contribution in [0, 0.1) is 0 Å². The Hall–Kier alpha value is -3.80. The van der Waals surface area contributed by atoms with Gasteiger partial charge in [-0.15, -0.1) is 5.10 Å². The summed E-state index contributed by atoms with van der Waals surface area (Å²) in [4.78, 5) is 18.3. The van der Waals surface area contributed by atoms with E-state index in [1.165, 1.54) is 0 Å². The Morgan fingerprint density at radius 3 is 2.90 bits per heavy atom. The zero-order valence-corrected chi connectivity index (χ0v) is 16.7. The van der Waals surface area contributed by atoms with E-state index in [9.17, 15) is 13.6 Å². The first-order valence-corrected chi connectivity index (χ1v) is 10.3. The van der Waals surface area contributed by atoms with Gasteiger partial charge in [0.2, 0.25) is 5.95 Å². The number of rotatable bonds is 6. The summed E-state index contributed by atoms with van der Waals surface area (Å²) in [6.45, 7) is 0.164. The summed E-state index contributed by atoms with van der Waals surface area (Å²) >= 11 is -2.36. The molecule has 3 N–H and O–H groups in total. The molecule has 1 unspecified atom stereocenters. The minimum absolute atomic E-state index is 0.164. The lowest BCUT2D eigenvalue weighted by atomic mass is 10.1. The smallest absolute Gasteiger partial charge is 0.417 e. The largest absolute Gasteiger partial charge is 0.760 e. The molecule has 1 atom stereocenters. The first-order valence-electron chi connectivity index (χ1n) is 9.22. The van der Waals surface area contributed by atoms with Crippen molar-refractivity contribution in [1.82, 2.24) is 24.3 Å². The van der Waals surface area contributed by atoms with E-state index in [0.29, 0.717) is 22.7 Å². The fraction of sp³-hybridized carbons (Fsp3) is 0.0500. The SMILES string of the molecule is O=c1[nH]c2ccc(Nc3ncc4ccc(-c5ccccc5CNS(=O)[O-])n4n3)cc2o1. The van der Waals surface area contributed by atoms with Crippen LogP contribution in [0.2, 0.25) is 0 Å². The van der Waals surface area contributed by atoms with Crippen molar-refractivity contribution in [2.45, 2.75) is 6.54 Å². The number of oxazole rings is 1. The second-order valence-electron chi connectivity index (χ2n) is 6.70. The number of hydrogen-bond donors (Lipinski definition) is 3. The fourth-order valence-electron chi connectivity index (χ4n) is 3.38. The molecule has 0 saturated carbocycles. The van der Waals surface area contributed by atoms with Gasteiger partial charge in [0.25, 0.3) is 0 Å². The van der Waals surface area contributed by atoms with E-state index in [4.69, 9.17) is 4.42 Å². The molecule has 0 radical (unpaired) electrons. The number of hydrogen-bond acceptors (Lipinski definition) is 7. The second-order valence-corrected chi connectivity index (χ2v) is 7.46. The third kappa shape index (κ3) is 3.84. The lowest BCUT2D eigenvalue weighted by molar-refractivity contribution is 0.522. The van der Waals surface area contributed by atoms with Gasteiger partial charge >= 0.3 is 5.76 Å². The second kappa shape index (κ2) is 7.80. The predicted molar refractivity (Wildman–Crippen MR) is 114 cm³/mol. The predicted octanol–water partition coefficient (Wildman–Crippen LogP) is 2.46. The van der Waals surface area contributed by atoms with Crippen LogP contribution in [0.4, 0.5) is 11.6 Å². The van der Waals surface area contributed by atoms with Crippen LogP contribution >= 0.6 is 0 Å². The van der Waals surface area contributed by atoms with E-state index in [0.717, 1.165) is 22.3 Å². The number of anilines is 2. The average molecular weight is 435 g/mol. The quantitative estimate of drug-likeness (QED) is 0.348. The van der Waals surface area contributed by atoms with Crippen LogP contribution in [0.15, 0.2) is 70.0 Å². The van der Waals surface area contributed by atoms with E-state index in [-0.39, 0.29) is 6.54 Å². The normalized spacial score (nSPS) is 12.4. The molecule has 0 saturated heterocycles. The highest BCUT2D eigenvalue weighted by atomic mass is 32.2. The topological polar surface area (TPSA) is 140 Å². The van der Waals surface area contributed by atoms with Gasteiger partial charge in [-0.1, -0.05) is 24.3 Å². The summed E-state index contributed by atoms with van der Waals surface area (Å²) in [5.41, 5.74) is 4.92. The van der Waals surface area contributed by atoms with Crippen molar-refractivity contribution < 1.29 is 13.2 Å². The lowest BCUT2D eigenvalue weighted by Crippen LogP contribution is -2.16. The van der Waals surface area contributed by atoms with Crippen LogP contribution in [0.25, 0.3) is 27.9 Å². The zero-order valence-electron chi connectivity index (χ0n) is 15.9. The number of aromatic amines is 1. The summed E-state index contributed by atoms with van der Waals surface area (Å²) in [5.74, 6) is -0.172. The zero-order chi connectivity index (χ0) is 21.4. The van der Waals surface area contributed by atoms with Crippen molar-refractivity contribution in [2.75, 3.05) is 5.32 Å². The standard InChI is InChI=1S/C20H16N6O4S/c27-20-24-16-7-5-13(9-18(16)30-20)23-19-21-11-14-6-8-17(26(14)25-19)15-4-2-1-3-12(15)10-22-31(28)29/h1-9,11,22H,10H2,(H,23,25)(H,24,27)(H,28,29)/p-1. The maximum absolute atomic E-state index is 11.3. The summed E-state index contributed by atoms with van der Waals surface area (Å²) in [5, 5.41) is 7.69. The molecule has 2 aromatic carbocycles. The molecule has 10 nitrogen and oxygen atoms in total. The molecule has 3 heterocycles. The minimum atomic E-state index is -2.36.